The summed E-state index contributed by atoms with van der Waals surface area (Å²) in [6.07, 6.45) is 9.65. The molecule has 0 spiro atoms. The van der Waals surface area contributed by atoms with Crippen LogP contribution in [0.2, 0.25) is 0 Å². The fourth-order valence-electron chi connectivity index (χ4n) is 2.19. The lowest BCUT2D eigenvalue weighted by molar-refractivity contribution is -0.145. The molecule has 1 atom stereocenters. The molecule has 0 aromatic heterocycles. The highest BCUT2D eigenvalue weighted by Crippen LogP contribution is 2.12. The van der Waals surface area contributed by atoms with E-state index in [1.165, 1.54) is 5.57 Å². The Balaban J connectivity index is 3.60. The molecule has 0 saturated heterocycles. The van der Waals surface area contributed by atoms with Crippen molar-refractivity contribution in [2.45, 2.75) is 85.5 Å². The molecule has 0 radical (unpaired) electrons. The lowest BCUT2D eigenvalue weighted by Crippen LogP contribution is -2.10. The quantitative estimate of drug-likeness (QED) is 0.266. The van der Waals surface area contributed by atoms with Crippen molar-refractivity contribution in [2.24, 2.45) is 5.92 Å². The van der Waals surface area contributed by atoms with Crippen LogP contribution in [0.25, 0.3) is 0 Å². The molecule has 0 N–H and O–H groups in total. The van der Waals surface area contributed by atoms with Crippen LogP contribution in [0.3, 0.4) is 0 Å². The highest BCUT2D eigenvalue weighted by molar-refractivity contribution is 5.82. The molecule has 0 saturated carbocycles. The molecule has 0 fully saturated rings. The summed E-state index contributed by atoms with van der Waals surface area (Å²) in [5, 5.41) is 0. The fourth-order valence-corrected chi connectivity index (χ4v) is 2.19. The number of rotatable bonds is 13. The van der Waals surface area contributed by atoms with Crippen molar-refractivity contribution in [1.29, 1.82) is 0 Å². The van der Waals surface area contributed by atoms with Crippen LogP contribution in [0, 0.1) is 5.92 Å². The molecule has 0 aliphatic heterocycles. The molecule has 0 bridgehead atoms. The highest BCUT2D eigenvalue weighted by Gasteiger charge is 2.09. The van der Waals surface area contributed by atoms with Gasteiger partial charge in [0.05, 0.1) is 13.0 Å². The molecule has 0 aromatic carbocycles. The van der Waals surface area contributed by atoms with E-state index in [4.69, 9.17) is 4.74 Å². The van der Waals surface area contributed by atoms with Crippen LogP contribution < -0.4 is 0 Å². The largest absolute Gasteiger partial charge is 0.466 e. The van der Waals surface area contributed by atoms with Crippen LogP contribution in [-0.4, -0.2) is 18.4 Å². The zero-order valence-corrected chi connectivity index (χ0v) is 15.0. The first-order valence-corrected chi connectivity index (χ1v) is 8.76. The third-order valence-electron chi connectivity index (χ3n) is 3.75. The van der Waals surface area contributed by atoms with Gasteiger partial charge in [-0.3, -0.25) is 9.59 Å². The van der Waals surface area contributed by atoms with Gasteiger partial charge in [-0.25, -0.2) is 0 Å². The first-order valence-electron chi connectivity index (χ1n) is 8.76. The number of Topliss-reactive ketones (excluding diaryl/α,β-unsaturated/α-hetero) is 1. The summed E-state index contributed by atoms with van der Waals surface area (Å²) in [5.74, 6) is 0.500. The van der Waals surface area contributed by atoms with Crippen LogP contribution in [0.15, 0.2) is 11.6 Å². The van der Waals surface area contributed by atoms with Gasteiger partial charge in [0.1, 0.15) is 5.78 Å². The van der Waals surface area contributed by atoms with Gasteiger partial charge in [0.15, 0.2) is 0 Å². The van der Waals surface area contributed by atoms with Gasteiger partial charge in [-0.15, -0.1) is 0 Å². The van der Waals surface area contributed by atoms with E-state index in [0.29, 0.717) is 25.4 Å². The summed E-state index contributed by atoms with van der Waals surface area (Å²) in [7, 11) is 0. The molecule has 0 aromatic rings. The van der Waals surface area contributed by atoms with Crippen LogP contribution in [-0.2, 0) is 14.3 Å². The third-order valence-corrected chi connectivity index (χ3v) is 3.75. The smallest absolute Gasteiger partial charge is 0.306 e. The second-order valence-electron chi connectivity index (χ2n) is 6.47. The number of allylic oxidation sites excluding steroid dienone is 2. The van der Waals surface area contributed by atoms with Crippen molar-refractivity contribution >= 4 is 11.8 Å². The maximum Gasteiger partial charge on any atom is 0.306 e. The number of esters is 1. The summed E-state index contributed by atoms with van der Waals surface area (Å²) in [5.41, 5.74) is 1.35. The molecule has 0 rings (SSSR count). The summed E-state index contributed by atoms with van der Waals surface area (Å²) in [6, 6.07) is 0. The minimum atomic E-state index is -0.236. The van der Waals surface area contributed by atoms with E-state index in [9.17, 15) is 9.59 Å². The molecule has 128 valence electrons. The third kappa shape index (κ3) is 13.8. The summed E-state index contributed by atoms with van der Waals surface area (Å²) in [6.45, 7) is 8.98. The van der Waals surface area contributed by atoms with Crippen molar-refractivity contribution in [3.8, 4) is 0 Å². The monoisotopic (exact) mass is 310 g/mol. The van der Waals surface area contributed by atoms with Gasteiger partial charge in [0.2, 0.25) is 0 Å². The van der Waals surface area contributed by atoms with Gasteiger partial charge in [-0.1, -0.05) is 38.3 Å². The second-order valence-corrected chi connectivity index (χ2v) is 6.47. The van der Waals surface area contributed by atoms with E-state index in [2.05, 4.69) is 33.8 Å². The maximum absolute atomic E-state index is 11.6. The second kappa shape index (κ2) is 13.5. The molecule has 22 heavy (non-hydrogen) atoms. The first kappa shape index (κ1) is 20.9. The lowest BCUT2D eigenvalue weighted by atomic mass is 10.0. The Kier molecular flexibility index (Phi) is 12.8. The van der Waals surface area contributed by atoms with Gasteiger partial charge in [0, 0.05) is 12.8 Å². The number of hydrogen-bond donors (Lipinski definition) is 0. The Morgan fingerprint density at radius 3 is 2.41 bits per heavy atom. The standard InChI is InChI=1S/C19H34O3/c1-5-6-7-11-18(20)12-13-19(21)22-15-14-17(4)10-8-9-16(2)3/h9,17H,5-8,10-15H2,1-4H3. The van der Waals surface area contributed by atoms with Crippen molar-refractivity contribution in [1.82, 2.24) is 0 Å². The predicted octanol–water partition coefficient (Wildman–Crippen LogP) is 5.23. The minimum Gasteiger partial charge on any atom is -0.466 e. The Morgan fingerprint density at radius 2 is 1.77 bits per heavy atom. The van der Waals surface area contributed by atoms with Crippen LogP contribution >= 0.6 is 0 Å². The molecular formula is C19H34O3. The number of unbranched alkanes of at least 4 members (excludes halogenated alkanes) is 2. The average Bonchev–Trinajstić information content (AvgIpc) is 2.45. The molecule has 0 aliphatic rings. The molecule has 0 amide bonds. The number of hydrogen-bond acceptors (Lipinski definition) is 3. The highest BCUT2D eigenvalue weighted by atomic mass is 16.5. The van der Waals surface area contributed by atoms with E-state index in [1.807, 2.05) is 0 Å². The summed E-state index contributed by atoms with van der Waals surface area (Å²) in [4.78, 5) is 23.1. The van der Waals surface area contributed by atoms with E-state index in [1.54, 1.807) is 0 Å². The zero-order valence-electron chi connectivity index (χ0n) is 15.0. The summed E-state index contributed by atoms with van der Waals surface area (Å²) < 4.78 is 5.21. The Hall–Kier alpha value is -1.12. The van der Waals surface area contributed by atoms with Gasteiger partial charge < -0.3 is 4.74 Å². The predicted molar refractivity (Wildman–Crippen MR) is 91.8 cm³/mol. The molecular weight excluding hydrogens is 276 g/mol. The molecule has 0 aliphatic carbocycles. The van der Waals surface area contributed by atoms with Gasteiger partial charge in [-0.05, 0) is 45.4 Å². The van der Waals surface area contributed by atoms with Crippen molar-refractivity contribution in [3.63, 3.8) is 0 Å². The number of ketones is 1. The average molecular weight is 310 g/mol. The van der Waals surface area contributed by atoms with E-state index >= 15 is 0 Å². The molecule has 3 heteroatoms. The topological polar surface area (TPSA) is 43.4 Å². The minimum absolute atomic E-state index is 0.181. The van der Waals surface area contributed by atoms with Crippen LogP contribution in [0.5, 0.6) is 0 Å². The van der Waals surface area contributed by atoms with Crippen LogP contribution in [0.4, 0.5) is 0 Å². The number of carbonyl (C=O) groups is 2. The number of ether oxygens (including phenoxy) is 1. The Morgan fingerprint density at radius 1 is 1.05 bits per heavy atom. The normalized spacial score (nSPS) is 11.8. The van der Waals surface area contributed by atoms with E-state index < -0.39 is 0 Å². The summed E-state index contributed by atoms with van der Waals surface area (Å²) >= 11 is 0. The zero-order chi connectivity index (χ0) is 16.8. The van der Waals surface area contributed by atoms with Gasteiger partial charge in [-0.2, -0.15) is 0 Å². The lowest BCUT2D eigenvalue weighted by Gasteiger charge is -2.10. The van der Waals surface area contributed by atoms with Crippen molar-refractivity contribution in [2.75, 3.05) is 6.61 Å². The fraction of sp³-hybridized carbons (Fsp3) is 0.789. The molecule has 3 nitrogen and oxygen atoms in total. The van der Waals surface area contributed by atoms with E-state index in [0.717, 1.165) is 38.5 Å². The molecule has 0 heterocycles. The first-order chi connectivity index (χ1) is 10.5. The Labute approximate surface area is 136 Å². The van der Waals surface area contributed by atoms with Crippen molar-refractivity contribution < 1.29 is 14.3 Å². The van der Waals surface area contributed by atoms with Crippen LogP contribution in [0.1, 0.15) is 85.5 Å². The van der Waals surface area contributed by atoms with Gasteiger partial charge in [0.25, 0.3) is 0 Å². The SMILES string of the molecule is CCCCCC(=O)CCC(=O)OCCC(C)CCC=C(C)C. The van der Waals surface area contributed by atoms with Crippen molar-refractivity contribution in [3.05, 3.63) is 11.6 Å². The maximum atomic E-state index is 11.6. The van der Waals surface area contributed by atoms with Gasteiger partial charge >= 0.3 is 5.97 Å². The Bertz CT molecular complexity index is 341. The number of carbonyl (C=O) groups excluding carboxylic acids is 2. The van der Waals surface area contributed by atoms with E-state index in [-0.39, 0.29) is 18.2 Å². The molecule has 1 unspecified atom stereocenters.